The Labute approximate surface area is 167 Å². The standard InChI is InChI=1S/C20H22FN5O3/c1-14-6-7-18(23-22-14)29-15-8-9-24(12-15)19(27)13-25-10-11-26(20(25)28)17-5-3-2-4-16(17)21/h2-7,15H,8-13H2,1H3/t15-/m1/s1. The highest BCUT2D eigenvalue weighted by Gasteiger charge is 2.35. The molecule has 8 nitrogen and oxygen atoms in total. The van der Waals surface area contributed by atoms with Crippen molar-refractivity contribution in [2.75, 3.05) is 37.6 Å². The largest absolute Gasteiger partial charge is 0.471 e. The van der Waals surface area contributed by atoms with Gasteiger partial charge < -0.3 is 14.5 Å². The van der Waals surface area contributed by atoms with Gasteiger partial charge in [-0.1, -0.05) is 12.1 Å². The van der Waals surface area contributed by atoms with E-state index in [1.807, 2.05) is 13.0 Å². The van der Waals surface area contributed by atoms with Gasteiger partial charge in [-0.2, -0.15) is 5.10 Å². The molecule has 2 aliphatic rings. The summed E-state index contributed by atoms with van der Waals surface area (Å²) in [6.45, 7) is 3.55. The quantitative estimate of drug-likeness (QED) is 0.767. The molecule has 4 rings (SSSR count). The molecule has 0 saturated carbocycles. The fourth-order valence-corrected chi connectivity index (χ4v) is 3.56. The van der Waals surface area contributed by atoms with Gasteiger partial charge in [0.1, 0.15) is 18.5 Å². The van der Waals surface area contributed by atoms with Crippen molar-refractivity contribution in [3.8, 4) is 5.88 Å². The van der Waals surface area contributed by atoms with Gasteiger partial charge in [-0.05, 0) is 25.1 Å². The van der Waals surface area contributed by atoms with E-state index in [9.17, 15) is 14.0 Å². The fraction of sp³-hybridized carbons (Fsp3) is 0.400. The highest BCUT2D eigenvalue weighted by Crippen LogP contribution is 2.24. The summed E-state index contributed by atoms with van der Waals surface area (Å²) >= 11 is 0. The van der Waals surface area contributed by atoms with Crippen molar-refractivity contribution >= 4 is 17.6 Å². The smallest absolute Gasteiger partial charge is 0.325 e. The molecular weight excluding hydrogens is 377 g/mol. The molecule has 0 unspecified atom stereocenters. The zero-order valence-corrected chi connectivity index (χ0v) is 16.1. The molecule has 0 radical (unpaired) electrons. The Morgan fingerprint density at radius 2 is 2.00 bits per heavy atom. The lowest BCUT2D eigenvalue weighted by Crippen LogP contribution is -2.42. The summed E-state index contributed by atoms with van der Waals surface area (Å²) in [5, 5.41) is 7.94. The summed E-state index contributed by atoms with van der Waals surface area (Å²) in [5.74, 6) is -0.160. The second kappa shape index (κ2) is 8.02. The van der Waals surface area contributed by atoms with Gasteiger partial charge in [0.25, 0.3) is 0 Å². The van der Waals surface area contributed by atoms with Gasteiger partial charge in [-0.25, -0.2) is 9.18 Å². The third kappa shape index (κ3) is 4.13. The predicted octanol–water partition coefficient (Wildman–Crippen LogP) is 1.85. The van der Waals surface area contributed by atoms with Crippen molar-refractivity contribution < 1.29 is 18.7 Å². The molecule has 2 aromatic rings. The number of amides is 3. The minimum Gasteiger partial charge on any atom is -0.471 e. The van der Waals surface area contributed by atoms with E-state index in [-0.39, 0.29) is 30.3 Å². The number of rotatable bonds is 5. The second-order valence-electron chi connectivity index (χ2n) is 7.19. The minimum atomic E-state index is -0.451. The average Bonchev–Trinajstić information content (AvgIpc) is 3.32. The van der Waals surface area contributed by atoms with E-state index >= 15 is 0 Å². The highest BCUT2D eigenvalue weighted by atomic mass is 19.1. The van der Waals surface area contributed by atoms with E-state index in [0.717, 1.165) is 5.69 Å². The molecule has 0 bridgehead atoms. The number of benzene rings is 1. The number of carbonyl (C=O) groups is 2. The van der Waals surface area contributed by atoms with Crippen LogP contribution in [0.2, 0.25) is 0 Å². The summed E-state index contributed by atoms with van der Waals surface area (Å²) < 4.78 is 19.8. The minimum absolute atomic E-state index is 0.0269. The zero-order valence-electron chi connectivity index (χ0n) is 16.1. The summed E-state index contributed by atoms with van der Waals surface area (Å²) in [7, 11) is 0. The maximum atomic E-state index is 14.0. The third-order valence-electron chi connectivity index (χ3n) is 5.12. The zero-order chi connectivity index (χ0) is 20.4. The molecule has 0 aliphatic carbocycles. The van der Waals surface area contributed by atoms with Crippen LogP contribution in [0.25, 0.3) is 0 Å². The molecule has 9 heteroatoms. The Morgan fingerprint density at radius 1 is 1.17 bits per heavy atom. The maximum absolute atomic E-state index is 14.0. The maximum Gasteiger partial charge on any atom is 0.325 e. The van der Waals surface area contributed by atoms with Crippen molar-refractivity contribution in [1.82, 2.24) is 20.0 Å². The van der Waals surface area contributed by atoms with Crippen molar-refractivity contribution in [3.05, 3.63) is 47.9 Å². The first kappa shape index (κ1) is 19.1. The van der Waals surface area contributed by atoms with Crippen molar-refractivity contribution in [1.29, 1.82) is 0 Å². The lowest BCUT2D eigenvalue weighted by molar-refractivity contribution is -0.130. The number of hydrogen-bond donors (Lipinski definition) is 0. The van der Waals surface area contributed by atoms with Gasteiger partial charge in [-0.3, -0.25) is 9.69 Å². The number of nitrogens with zero attached hydrogens (tertiary/aromatic N) is 5. The number of para-hydroxylation sites is 1. The number of likely N-dealkylation sites (tertiary alicyclic amines) is 1. The van der Waals surface area contributed by atoms with Crippen molar-refractivity contribution in [2.24, 2.45) is 0 Å². The molecule has 29 heavy (non-hydrogen) atoms. The molecular formula is C20H22FN5O3. The first-order valence-corrected chi connectivity index (χ1v) is 9.57. The molecule has 1 aromatic heterocycles. The van der Waals surface area contributed by atoms with E-state index < -0.39 is 5.82 Å². The van der Waals surface area contributed by atoms with Crippen LogP contribution < -0.4 is 9.64 Å². The van der Waals surface area contributed by atoms with Crippen molar-refractivity contribution in [2.45, 2.75) is 19.4 Å². The molecule has 1 aromatic carbocycles. The van der Waals surface area contributed by atoms with Gasteiger partial charge in [0.15, 0.2) is 0 Å². The van der Waals surface area contributed by atoms with Crippen LogP contribution >= 0.6 is 0 Å². The fourth-order valence-electron chi connectivity index (χ4n) is 3.56. The van der Waals surface area contributed by atoms with Crippen LogP contribution in [0, 0.1) is 12.7 Å². The SMILES string of the molecule is Cc1ccc(O[C@@H]2CCN(C(=O)CN3CCN(c4ccccc4F)C3=O)C2)nn1. The van der Waals surface area contributed by atoms with Crippen LogP contribution in [-0.2, 0) is 4.79 Å². The summed E-state index contributed by atoms with van der Waals surface area (Å²) in [6, 6.07) is 9.36. The number of halogens is 1. The molecule has 2 fully saturated rings. The molecule has 0 spiro atoms. The molecule has 3 amide bonds. The van der Waals surface area contributed by atoms with Gasteiger partial charge in [0.05, 0.1) is 17.9 Å². The van der Waals surface area contributed by atoms with Crippen LogP contribution in [0.5, 0.6) is 5.88 Å². The number of anilines is 1. The molecule has 0 N–H and O–H groups in total. The van der Waals surface area contributed by atoms with Crippen LogP contribution in [-0.4, -0.2) is 70.8 Å². The normalized spacial score (nSPS) is 19.2. The number of aromatic nitrogens is 2. The Morgan fingerprint density at radius 3 is 2.76 bits per heavy atom. The number of urea groups is 1. The van der Waals surface area contributed by atoms with Gasteiger partial charge in [0, 0.05) is 32.1 Å². The number of hydrogen-bond acceptors (Lipinski definition) is 5. The average molecular weight is 399 g/mol. The number of ether oxygens (including phenoxy) is 1. The van der Waals surface area contributed by atoms with E-state index in [2.05, 4.69) is 10.2 Å². The first-order valence-electron chi connectivity index (χ1n) is 9.57. The monoisotopic (exact) mass is 399 g/mol. The first-order chi connectivity index (χ1) is 14.0. The van der Waals surface area contributed by atoms with Crippen LogP contribution in [0.4, 0.5) is 14.9 Å². The topological polar surface area (TPSA) is 78.9 Å². The predicted molar refractivity (Wildman–Crippen MR) is 103 cm³/mol. The second-order valence-corrected chi connectivity index (χ2v) is 7.19. The Balaban J connectivity index is 1.31. The summed E-state index contributed by atoms with van der Waals surface area (Å²) in [4.78, 5) is 29.8. The molecule has 1 atom stereocenters. The number of carbonyl (C=O) groups excluding carboxylic acids is 2. The Kier molecular flexibility index (Phi) is 5.28. The van der Waals surface area contributed by atoms with E-state index in [1.165, 1.54) is 15.9 Å². The highest BCUT2D eigenvalue weighted by molar-refractivity contribution is 5.96. The van der Waals surface area contributed by atoms with E-state index in [1.54, 1.807) is 29.2 Å². The van der Waals surface area contributed by atoms with E-state index in [4.69, 9.17) is 4.74 Å². The lowest BCUT2D eigenvalue weighted by Gasteiger charge is -2.22. The van der Waals surface area contributed by atoms with Crippen LogP contribution in [0.1, 0.15) is 12.1 Å². The molecule has 152 valence electrons. The van der Waals surface area contributed by atoms with Crippen molar-refractivity contribution in [3.63, 3.8) is 0 Å². The van der Waals surface area contributed by atoms with Gasteiger partial charge in [-0.15, -0.1) is 5.10 Å². The third-order valence-corrected chi connectivity index (χ3v) is 5.12. The van der Waals surface area contributed by atoms with Crippen LogP contribution in [0.15, 0.2) is 36.4 Å². The summed E-state index contributed by atoms with van der Waals surface area (Å²) in [6.07, 6.45) is 0.538. The molecule has 2 saturated heterocycles. The molecule has 3 heterocycles. The summed E-state index contributed by atoms with van der Waals surface area (Å²) in [5.41, 5.74) is 1.04. The molecule has 2 aliphatic heterocycles. The van der Waals surface area contributed by atoms with Crippen LogP contribution in [0.3, 0.4) is 0 Å². The Bertz CT molecular complexity index is 907. The lowest BCUT2D eigenvalue weighted by atomic mass is 10.3. The van der Waals surface area contributed by atoms with Gasteiger partial charge >= 0.3 is 6.03 Å². The number of aryl methyl sites for hydroxylation is 1. The Hall–Kier alpha value is -3.23. The van der Waals surface area contributed by atoms with E-state index in [0.29, 0.717) is 38.5 Å². The van der Waals surface area contributed by atoms with Gasteiger partial charge in [0.2, 0.25) is 11.8 Å².